The molecule has 0 aliphatic rings. The van der Waals surface area contributed by atoms with Gasteiger partial charge in [-0.2, -0.15) is 11.8 Å². The van der Waals surface area contributed by atoms with Gasteiger partial charge in [0.2, 0.25) is 0 Å². The lowest BCUT2D eigenvalue weighted by Gasteiger charge is -2.00. The summed E-state index contributed by atoms with van der Waals surface area (Å²) in [5.74, 6) is 1.05. The van der Waals surface area contributed by atoms with Gasteiger partial charge in [0, 0.05) is 12.0 Å². The van der Waals surface area contributed by atoms with Gasteiger partial charge >= 0.3 is 0 Å². The molecule has 0 aromatic heterocycles. The molecule has 68 valence electrons. The zero-order valence-corrected chi connectivity index (χ0v) is 8.50. The molecule has 0 saturated heterocycles. The molecule has 0 amide bonds. The van der Waals surface area contributed by atoms with E-state index in [4.69, 9.17) is 4.74 Å². The third kappa shape index (κ3) is 10.3. The van der Waals surface area contributed by atoms with Gasteiger partial charge in [-0.25, -0.2) is 8.42 Å². The van der Waals surface area contributed by atoms with Gasteiger partial charge < -0.3 is 4.74 Å². The van der Waals surface area contributed by atoms with E-state index in [1.54, 1.807) is 11.8 Å². The molecule has 0 radical (unpaired) electrons. The SMILES string of the molecule is CSCCOCCS(C)(=O)=O. The van der Waals surface area contributed by atoms with Gasteiger partial charge in [-0.05, 0) is 6.26 Å². The van der Waals surface area contributed by atoms with Crippen molar-refractivity contribution in [2.75, 3.05) is 37.2 Å². The predicted molar refractivity (Wildman–Crippen MR) is 48.9 cm³/mol. The summed E-state index contributed by atoms with van der Waals surface area (Å²) >= 11 is 1.69. The standard InChI is InChI=1S/C6H14O3S2/c1-10-5-3-9-4-6-11(2,7)8/h3-6H2,1-2H3. The summed E-state index contributed by atoms with van der Waals surface area (Å²) in [4.78, 5) is 0. The van der Waals surface area contributed by atoms with E-state index < -0.39 is 9.84 Å². The highest BCUT2D eigenvalue weighted by atomic mass is 32.2. The molecular formula is C6H14O3S2. The van der Waals surface area contributed by atoms with E-state index in [2.05, 4.69) is 0 Å². The van der Waals surface area contributed by atoms with E-state index in [0.717, 1.165) is 5.75 Å². The Labute approximate surface area is 72.4 Å². The van der Waals surface area contributed by atoms with Crippen LogP contribution in [0.3, 0.4) is 0 Å². The number of ether oxygens (including phenoxy) is 1. The Morgan fingerprint density at radius 3 is 2.45 bits per heavy atom. The van der Waals surface area contributed by atoms with Crippen molar-refractivity contribution in [2.45, 2.75) is 0 Å². The molecule has 0 aromatic rings. The highest BCUT2D eigenvalue weighted by Gasteiger charge is 2.00. The van der Waals surface area contributed by atoms with E-state index >= 15 is 0 Å². The lowest BCUT2D eigenvalue weighted by atomic mass is 10.8. The molecule has 5 heteroatoms. The summed E-state index contributed by atoms with van der Waals surface area (Å²) in [6, 6.07) is 0. The van der Waals surface area contributed by atoms with Crippen molar-refractivity contribution in [3.8, 4) is 0 Å². The summed E-state index contributed by atoms with van der Waals surface area (Å²) in [5.41, 5.74) is 0. The highest BCUT2D eigenvalue weighted by Crippen LogP contribution is 1.91. The molecule has 0 saturated carbocycles. The van der Waals surface area contributed by atoms with Crippen molar-refractivity contribution in [3.63, 3.8) is 0 Å². The van der Waals surface area contributed by atoms with E-state index in [9.17, 15) is 8.42 Å². The maximum absolute atomic E-state index is 10.6. The molecular weight excluding hydrogens is 184 g/mol. The van der Waals surface area contributed by atoms with Gasteiger partial charge in [0.05, 0.1) is 19.0 Å². The van der Waals surface area contributed by atoms with Crippen molar-refractivity contribution in [1.82, 2.24) is 0 Å². The Morgan fingerprint density at radius 1 is 1.36 bits per heavy atom. The Hall–Kier alpha value is 0.260. The molecule has 0 unspecified atom stereocenters. The zero-order chi connectivity index (χ0) is 8.74. The Kier molecular flexibility index (Phi) is 5.99. The van der Waals surface area contributed by atoms with Crippen LogP contribution in [-0.4, -0.2) is 45.6 Å². The number of thioether (sulfide) groups is 1. The normalized spacial score (nSPS) is 11.8. The van der Waals surface area contributed by atoms with Crippen molar-refractivity contribution < 1.29 is 13.2 Å². The molecule has 0 aliphatic heterocycles. The van der Waals surface area contributed by atoms with Gasteiger partial charge in [-0.1, -0.05) is 0 Å². The quantitative estimate of drug-likeness (QED) is 0.580. The average molecular weight is 198 g/mol. The topological polar surface area (TPSA) is 43.4 Å². The smallest absolute Gasteiger partial charge is 0.149 e. The third-order valence-corrected chi connectivity index (χ3v) is 2.51. The van der Waals surface area contributed by atoms with Crippen LogP contribution in [0.2, 0.25) is 0 Å². The summed E-state index contributed by atoms with van der Waals surface area (Å²) in [6.07, 6.45) is 3.20. The molecule has 0 atom stereocenters. The first kappa shape index (κ1) is 11.3. The number of sulfone groups is 1. The van der Waals surface area contributed by atoms with Crippen molar-refractivity contribution in [3.05, 3.63) is 0 Å². The molecule has 3 nitrogen and oxygen atoms in total. The molecule has 0 N–H and O–H groups in total. The van der Waals surface area contributed by atoms with E-state index in [-0.39, 0.29) is 5.75 Å². The van der Waals surface area contributed by atoms with Crippen LogP contribution in [0, 0.1) is 0 Å². The Balaban J connectivity index is 3.16. The van der Waals surface area contributed by atoms with E-state index in [1.165, 1.54) is 6.26 Å². The third-order valence-electron chi connectivity index (χ3n) is 1.03. The highest BCUT2D eigenvalue weighted by molar-refractivity contribution is 7.98. The molecule has 0 heterocycles. The molecule has 0 rings (SSSR count). The molecule has 0 aromatic carbocycles. The minimum atomic E-state index is -2.84. The molecule has 0 spiro atoms. The fourth-order valence-electron chi connectivity index (χ4n) is 0.455. The fraction of sp³-hybridized carbons (Fsp3) is 1.00. The van der Waals surface area contributed by atoms with E-state index in [1.807, 2.05) is 6.26 Å². The summed E-state index contributed by atoms with van der Waals surface area (Å²) in [7, 11) is -2.84. The van der Waals surface area contributed by atoms with Gasteiger partial charge in [0.1, 0.15) is 9.84 Å². The molecule has 0 aliphatic carbocycles. The lowest BCUT2D eigenvalue weighted by molar-refractivity contribution is 0.166. The minimum Gasteiger partial charge on any atom is -0.380 e. The first-order valence-corrected chi connectivity index (χ1v) is 6.76. The maximum atomic E-state index is 10.6. The number of hydrogen-bond donors (Lipinski definition) is 0. The number of rotatable bonds is 6. The second-order valence-corrected chi connectivity index (χ2v) is 5.48. The van der Waals surface area contributed by atoms with Crippen LogP contribution in [0.25, 0.3) is 0 Å². The fourth-order valence-corrected chi connectivity index (χ4v) is 1.16. The van der Waals surface area contributed by atoms with Crippen molar-refractivity contribution in [2.24, 2.45) is 0 Å². The van der Waals surface area contributed by atoms with Crippen LogP contribution in [0.15, 0.2) is 0 Å². The molecule has 0 fully saturated rings. The maximum Gasteiger partial charge on any atom is 0.149 e. The van der Waals surface area contributed by atoms with Crippen LogP contribution in [0.5, 0.6) is 0 Å². The lowest BCUT2D eigenvalue weighted by Crippen LogP contribution is -2.11. The molecule has 0 bridgehead atoms. The first-order chi connectivity index (χ1) is 5.06. The van der Waals surface area contributed by atoms with Crippen LogP contribution in [-0.2, 0) is 14.6 Å². The van der Waals surface area contributed by atoms with Crippen LogP contribution < -0.4 is 0 Å². The van der Waals surface area contributed by atoms with Crippen LogP contribution >= 0.6 is 11.8 Å². The summed E-state index contributed by atoms with van der Waals surface area (Å²) in [6.45, 7) is 0.954. The van der Waals surface area contributed by atoms with Gasteiger partial charge in [-0.15, -0.1) is 0 Å². The summed E-state index contributed by atoms with van der Waals surface area (Å²) < 4.78 is 26.2. The minimum absolute atomic E-state index is 0.126. The van der Waals surface area contributed by atoms with Gasteiger partial charge in [-0.3, -0.25) is 0 Å². The van der Waals surface area contributed by atoms with Gasteiger partial charge in [0.25, 0.3) is 0 Å². The second kappa shape index (κ2) is 5.85. The van der Waals surface area contributed by atoms with E-state index in [0.29, 0.717) is 13.2 Å². The molecule has 11 heavy (non-hydrogen) atoms. The van der Waals surface area contributed by atoms with Crippen molar-refractivity contribution in [1.29, 1.82) is 0 Å². The Bertz CT molecular complexity index is 174. The first-order valence-electron chi connectivity index (χ1n) is 3.30. The second-order valence-electron chi connectivity index (χ2n) is 2.24. The zero-order valence-electron chi connectivity index (χ0n) is 6.87. The van der Waals surface area contributed by atoms with Gasteiger partial charge in [0.15, 0.2) is 0 Å². The average Bonchev–Trinajstić information content (AvgIpc) is 1.85. The summed E-state index contributed by atoms with van der Waals surface area (Å²) in [5, 5.41) is 0. The monoisotopic (exact) mass is 198 g/mol. The largest absolute Gasteiger partial charge is 0.380 e. The predicted octanol–water partition coefficient (Wildman–Crippen LogP) is 0.411. The van der Waals surface area contributed by atoms with Crippen molar-refractivity contribution >= 4 is 21.6 Å². The number of hydrogen-bond acceptors (Lipinski definition) is 4. The Morgan fingerprint density at radius 2 is 2.00 bits per heavy atom. The van der Waals surface area contributed by atoms with Crippen LogP contribution in [0.4, 0.5) is 0 Å². The van der Waals surface area contributed by atoms with Crippen LogP contribution in [0.1, 0.15) is 0 Å².